The van der Waals surface area contributed by atoms with Gasteiger partial charge in [-0.05, 0) is 65.7 Å². The summed E-state index contributed by atoms with van der Waals surface area (Å²) < 4.78 is 2.31. The van der Waals surface area contributed by atoms with E-state index >= 15 is 0 Å². The first-order valence-electron chi connectivity index (χ1n) is 22.5. The number of fused-ring (bicyclic) bond motifs is 3. The molecule has 4 aromatic heterocycles. The molecule has 0 bridgehead atoms. The number of aromatic nitrogens is 8. The molecule has 12 rings (SSSR count). The molecule has 12 aromatic rings. The number of pyridine rings is 1. The molecule has 0 saturated heterocycles. The highest BCUT2D eigenvalue weighted by molar-refractivity contribution is 6.11. The summed E-state index contributed by atoms with van der Waals surface area (Å²) in [4.78, 5) is 35.5. The number of nitrogens with zero attached hydrogens (tertiary/aromatic N) is 9. The van der Waals surface area contributed by atoms with Crippen molar-refractivity contribution in [1.29, 1.82) is 5.26 Å². The molecule has 9 heteroatoms. The molecule has 0 N–H and O–H groups in total. The van der Waals surface area contributed by atoms with Gasteiger partial charge >= 0.3 is 0 Å². The second kappa shape index (κ2) is 17.5. The van der Waals surface area contributed by atoms with Crippen LogP contribution in [0.15, 0.2) is 225 Å². The molecule has 69 heavy (non-hydrogen) atoms. The molecule has 0 amide bonds. The first kappa shape index (κ1) is 40.7. The quantitative estimate of drug-likeness (QED) is 0.141. The van der Waals surface area contributed by atoms with Crippen molar-refractivity contribution >= 4 is 21.8 Å². The minimum Gasteiger partial charge on any atom is -0.309 e. The average molecular weight is 884 g/mol. The Morgan fingerprint density at radius 2 is 0.812 bits per heavy atom. The van der Waals surface area contributed by atoms with E-state index in [2.05, 4.69) is 71.3 Å². The molecular formula is C60H37N9. The summed E-state index contributed by atoms with van der Waals surface area (Å²) in [6.45, 7) is 0. The van der Waals surface area contributed by atoms with Gasteiger partial charge in [0.05, 0.1) is 28.4 Å². The number of nitriles is 1. The molecular weight excluding hydrogens is 847 g/mol. The average Bonchev–Trinajstić information content (AvgIpc) is 3.77. The van der Waals surface area contributed by atoms with Crippen molar-refractivity contribution in [3.63, 3.8) is 0 Å². The van der Waals surface area contributed by atoms with Crippen LogP contribution in [0.1, 0.15) is 5.56 Å². The maximum atomic E-state index is 9.74. The minimum absolute atomic E-state index is 0.501. The Hall–Kier alpha value is -9.78. The number of para-hydroxylation sites is 1. The van der Waals surface area contributed by atoms with Crippen molar-refractivity contribution in [3.05, 3.63) is 230 Å². The summed E-state index contributed by atoms with van der Waals surface area (Å²) in [7, 11) is 0. The van der Waals surface area contributed by atoms with E-state index in [1.807, 2.05) is 158 Å². The van der Waals surface area contributed by atoms with Crippen molar-refractivity contribution in [2.24, 2.45) is 0 Å². The third kappa shape index (κ3) is 7.74. The van der Waals surface area contributed by atoms with Gasteiger partial charge in [-0.1, -0.05) is 158 Å². The van der Waals surface area contributed by atoms with Gasteiger partial charge in [0.1, 0.15) is 0 Å². The van der Waals surface area contributed by atoms with Gasteiger partial charge in [-0.2, -0.15) is 5.26 Å². The third-order valence-corrected chi connectivity index (χ3v) is 12.2. The predicted octanol–water partition coefficient (Wildman–Crippen LogP) is 13.8. The largest absolute Gasteiger partial charge is 0.309 e. The maximum absolute atomic E-state index is 9.74. The lowest BCUT2D eigenvalue weighted by molar-refractivity contribution is 1.07. The van der Waals surface area contributed by atoms with Crippen LogP contribution in [-0.4, -0.2) is 39.5 Å². The highest BCUT2D eigenvalue weighted by Gasteiger charge is 2.23. The van der Waals surface area contributed by atoms with Crippen LogP contribution in [0.3, 0.4) is 0 Å². The fourth-order valence-corrected chi connectivity index (χ4v) is 8.94. The van der Waals surface area contributed by atoms with E-state index in [0.29, 0.717) is 40.5 Å². The number of hydrogen-bond donors (Lipinski definition) is 0. The Bertz CT molecular complexity index is 3790. The van der Waals surface area contributed by atoms with Crippen LogP contribution in [0.4, 0.5) is 0 Å². The Morgan fingerprint density at radius 3 is 1.39 bits per heavy atom. The predicted molar refractivity (Wildman–Crippen MR) is 274 cm³/mol. The van der Waals surface area contributed by atoms with Crippen molar-refractivity contribution < 1.29 is 0 Å². The topological polar surface area (TPSA) is 119 Å². The standard InChI is InChI=1S/C60H37N9/c61-37-39-16-15-25-44(34-39)45-28-30-53-49(35-45)47-26-13-14-27-52(47)69(53)54-31-29-46(59-65-55(40-17-5-1-6-18-40)63-56(66-59)41-19-7-2-8-20-41)36-50(54)51-38-62-33-32-48(51)60-67-57(42-21-9-3-10-22-42)64-58(68-60)43-23-11-4-12-24-43/h1-36,38H. The van der Waals surface area contributed by atoms with Crippen LogP contribution in [-0.2, 0) is 0 Å². The van der Waals surface area contributed by atoms with Crippen LogP contribution in [0.5, 0.6) is 0 Å². The zero-order valence-corrected chi connectivity index (χ0v) is 36.9. The van der Waals surface area contributed by atoms with Gasteiger partial charge in [0.15, 0.2) is 34.9 Å². The summed E-state index contributed by atoms with van der Waals surface area (Å²) in [5.74, 6) is 3.27. The number of rotatable bonds is 9. The summed E-state index contributed by atoms with van der Waals surface area (Å²) >= 11 is 0. The maximum Gasteiger partial charge on any atom is 0.164 e. The fraction of sp³-hybridized carbons (Fsp3) is 0. The normalized spacial score (nSPS) is 11.2. The van der Waals surface area contributed by atoms with Crippen LogP contribution in [0.25, 0.3) is 118 Å². The van der Waals surface area contributed by atoms with E-state index in [9.17, 15) is 5.26 Å². The smallest absolute Gasteiger partial charge is 0.164 e. The summed E-state index contributed by atoms with van der Waals surface area (Å²) in [5.41, 5.74) is 12.3. The van der Waals surface area contributed by atoms with Gasteiger partial charge in [0.2, 0.25) is 0 Å². The van der Waals surface area contributed by atoms with Gasteiger partial charge in [0, 0.05) is 67.7 Å². The SMILES string of the molecule is N#Cc1cccc(-c2ccc3c(c2)c2ccccc2n3-c2ccc(-c3nc(-c4ccccc4)nc(-c4ccccc4)n3)cc2-c2cnccc2-c2nc(-c3ccccc3)nc(-c3ccccc3)n2)c1. The molecule has 4 heterocycles. The molecule has 0 aliphatic rings. The molecule has 9 nitrogen and oxygen atoms in total. The molecule has 0 fully saturated rings. The summed E-state index contributed by atoms with van der Waals surface area (Å²) in [6.07, 6.45) is 3.67. The minimum atomic E-state index is 0.501. The van der Waals surface area contributed by atoms with E-state index in [1.165, 1.54) is 0 Å². The van der Waals surface area contributed by atoms with Gasteiger partial charge in [0.25, 0.3) is 0 Å². The zero-order valence-electron chi connectivity index (χ0n) is 36.9. The van der Waals surface area contributed by atoms with E-state index in [1.54, 1.807) is 6.20 Å². The van der Waals surface area contributed by atoms with Gasteiger partial charge in [-0.25, -0.2) is 29.9 Å². The Kier molecular flexibility index (Phi) is 10.4. The molecule has 0 aliphatic carbocycles. The molecule has 0 atom stereocenters. The van der Waals surface area contributed by atoms with Crippen LogP contribution < -0.4 is 0 Å². The molecule has 0 radical (unpaired) electrons. The van der Waals surface area contributed by atoms with Crippen molar-refractivity contribution in [3.8, 4) is 102 Å². The van der Waals surface area contributed by atoms with Gasteiger partial charge in [-0.15, -0.1) is 0 Å². The second-order valence-corrected chi connectivity index (χ2v) is 16.5. The molecule has 322 valence electrons. The Balaban J connectivity index is 1.13. The molecule has 0 unspecified atom stereocenters. The van der Waals surface area contributed by atoms with Crippen LogP contribution in [0.2, 0.25) is 0 Å². The molecule has 0 aliphatic heterocycles. The Labute approximate surface area is 397 Å². The van der Waals surface area contributed by atoms with Crippen molar-refractivity contribution in [1.82, 2.24) is 39.5 Å². The van der Waals surface area contributed by atoms with E-state index in [-0.39, 0.29) is 0 Å². The molecule has 0 saturated carbocycles. The monoisotopic (exact) mass is 883 g/mol. The van der Waals surface area contributed by atoms with Gasteiger partial charge < -0.3 is 4.57 Å². The first-order chi connectivity index (χ1) is 34.1. The Morgan fingerprint density at radius 1 is 0.333 bits per heavy atom. The van der Waals surface area contributed by atoms with E-state index < -0.39 is 0 Å². The lowest BCUT2D eigenvalue weighted by Gasteiger charge is -2.18. The fourth-order valence-electron chi connectivity index (χ4n) is 8.94. The van der Waals surface area contributed by atoms with Crippen LogP contribution >= 0.6 is 0 Å². The highest BCUT2D eigenvalue weighted by atomic mass is 15.0. The molecule has 0 spiro atoms. The van der Waals surface area contributed by atoms with Crippen molar-refractivity contribution in [2.45, 2.75) is 0 Å². The lowest BCUT2D eigenvalue weighted by Crippen LogP contribution is -2.04. The number of hydrogen-bond acceptors (Lipinski definition) is 8. The highest BCUT2D eigenvalue weighted by Crippen LogP contribution is 2.42. The summed E-state index contributed by atoms with van der Waals surface area (Å²) in [5, 5.41) is 11.9. The zero-order chi connectivity index (χ0) is 46.1. The van der Waals surface area contributed by atoms with Gasteiger partial charge in [-0.3, -0.25) is 4.98 Å². The van der Waals surface area contributed by atoms with Crippen molar-refractivity contribution in [2.75, 3.05) is 0 Å². The first-order valence-corrected chi connectivity index (χ1v) is 22.5. The third-order valence-electron chi connectivity index (χ3n) is 12.2. The molecule has 8 aromatic carbocycles. The summed E-state index contributed by atoms with van der Waals surface area (Å²) in [6, 6.07) is 73.3. The lowest BCUT2D eigenvalue weighted by atomic mass is 9.96. The van der Waals surface area contributed by atoms with E-state index in [4.69, 9.17) is 34.9 Å². The second-order valence-electron chi connectivity index (χ2n) is 16.5. The van der Waals surface area contributed by atoms with E-state index in [0.717, 1.165) is 83.1 Å². The number of benzene rings is 8. The van der Waals surface area contributed by atoms with Crippen LogP contribution in [0, 0.1) is 11.3 Å².